The van der Waals surface area contributed by atoms with Crippen LogP contribution in [0.3, 0.4) is 0 Å². The summed E-state index contributed by atoms with van der Waals surface area (Å²) in [5.41, 5.74) is 1.11. The average molecular weight is 476 g/mol. The van der Waals surface area contributed by atoms with Crippen LogP contribution < -0.4 is 5.32 Å². The fourth-order valence-electron chi connectivity index (χ4n) is 3.64. The highest BCUT2D eigenvalue weighted by molar-refractivity contribution is 7.90. The van der Waals surface area contributed by atoms with Crippen LogP contribution in [-0.2, 0) is 14.6 Å². The van der Waals surface area contributed by atoms with Gasteiger partial charge in [-0.25, -0.2) is 13.4 Å². The van der Waals surface area contributed by atoms with Crippen LogP contribution in [0.5, 0.6) is 0 Å². The van der Waals surface area contributed by atoms with Gasteiger partial charge in [0.2, 0.25) is 20.9 Å². The SMILES string of the molecule is CS(=O)(=O)c1nc(C(=O)N2CCN(CC(=O)Nc3ccccc3Cl)CC2)c2ccccn12. The van der Waals surface area contributed by atoms with E-state index in [0.29, 0.717) is 42.4 Å². The Hall–Kier alpha value is -2.95. The Bertz CT molecular complexity index is 1280. The summed E-state index contributed by atoms with van der Waals surface area (Å²) in [7, 11) is -3.61. The molecule has 4 rings (SSSR count). The molecule has 2 aromatic heterocycles. The van der Waals surface area contributed by atoms with Gasteiger partial charge in [-0.05, 0) is 24.3 Å². The molecule has 1 aliphatic heterocycles. The quantitative estimate of drug-likeness (QED) is 0.603. The van der Waals surface area contributed by atoms with Crippen LogP contribution in [0.4, 0.5) is 5.69 Å². The molecule has 1 N–H and O–H groups in total. The standard InChI is InChI=1S/C21H22ClN5O4S/c1-32(30,31)21-24-19(17-8-4-5-9-27(17)21)20(29)26-12-10-25(11-13-26)14-18(28)23-16-7-3-2-6-15(16)22/h2-9H,10-14H2,1H3,(H,23,28). The Morgan fingerprint density at radius 1 is 1.06 bits per heavy atom. The zero-order chi connectivity index (χ0) is 22.9. The van der Waals surface area contributed by atoms with Crippen molar-refractivity contribution in [2.45, 2.75) is 5.16 Å². The number of nitrogens with zero attached hydrogens (tertiary/aromatic N) is 4. The number of carbonyl (C=O) groups excluding carboxylic acids is 2. The third kappa shape index (κ3) is 4.62. The fourth-order valence-corrected chi connectivity index (χ4v) is 4.60. The Kier molecular flexibility index (Phi) is 6.18. The van der Waals surface area contributed by atoms with Gasteiger partial charge in [0.05, 0.1) is 22.8 Å². The minimum absolute atomic E-state index is 0.107. The number of benzene rings is 1. The molecule has 11 heteroatoms. The predicted octanol–water partition coefficient (Wildman–Crippen LogP) is 1.79. The number of pyridine rings is 1. The third-order valence-electron chi connectivity index (χ3n) is 5.22. The summed E-state index contributed by atoms with van der Waals surface area (Å²) in [5, 5.41) is 3.10. The second kappa shape index (κ2) is 8.89. The van der Waals surface area contributed by atoms with Gasteiger partial charge in [0.1, 0.15) is 0 Å². The number of amides is 2. The third-order valence-corrected chi connectivity index (χ3v) is 6.51. The van der Waals surface area contributed by atoms with E-state index in [0.717, 1.165) is 6.26 Å². The molecule has 0 aliphatic carbocycles. The van der Waals surface area contributed by atoms with E-state index < -0.39 is 9.84 Å². The van der Waals surface area contributed by atoms with Crippen LogP contribution in [0.15, 0.2) is 53.8 Å². The van der Waals surface area contributed by atoms with E-state index in [1.807, 2.05) is 4.90 Å². The number of para-hydroxylation sites is 1. The van der Waals surface area contributed by atoms with Crippen LogP contribution in [0, 0.1) is 0 Å². The van der Waals surface area contributed by atoms with E-state index in [9.17, 15) is 18.0 Å². The van der Waals surface area contributed by atoms with Crippen molar-refractivity contribution < 1.29 is 18.0 Å². The minimum Gasteiger partial charge on any atom is -0.335 e. The second-order valence-electron chi connectivity index (χ2n) is 7.57. The highest BCUT2D eigenvalue weighted by Crippen LogP contribution is 2.21. The van der Waals surface area contributed by atoms with E-state index in [2.05, 4.69) is 10.3 Å². The number of aromatic nitrogens is 2. The van der Waals surface area contributed by atoms with Gasteiger partial charge < -0.3 is 10.2 Å². The molecule has 0 atom stereocenters. The lowest BCUT2D eigenvalue weighted by molar-refractivity contribution is -0.117. The molecule has 2 amide bonds. The zero-order valence-corrected chi connectivity index (χ0v) is 18.9. The van der Waals surface area contributed by atoms with Crippen LogP contribution in [0.1, 0.15) is 10.5 Å². The highest BCUT2D eigenvalue weighted by atomic mass is 35.5. The van der Waals surface area contributed by atoms with Gasteiger partial charge in [0, 0.05) is 38.6 Å². The summed E-state index contributed by atoms with van der Waals surface area (Å²) in [6.45, 7) is 1.99. The molecule has 0 bridgehead atoms. The Labute approximate surface area is 190 Å². The number of sulfone groups is 1. The number of imidazole rings is 1. The van der Waals surface area contributed by atoms with Gasteiger partial charge in [-0.2, -0.15) is 0 Å². The lowest BCUT2D eigenvalue weighted by Crippen LogP contribution is -2.50. The van der Waals surface area contributed by atoms with Crippen molar-refractivity contribution in [3.8, 4) is 0 Å². The first-order chi connectivity index (χ1) is 15.2. The van der Waals surface area contributed by atoms with Gasteiger partial charge in [-0.3, -0.25) is 18.9 Å². The summed E-state index contributed by atoms with van der Waals surface area (Å²) in [6, 6.07) is 12.1. The molecule has 0 unspecified atom stereocenters. The maximum absolute atomic E-state index is 13.1. The van der Waals surface area contributed by atoms with Crippen LogP contribution in [-0.4, -0.2) is 78.4 Å². The second-order valence-corrected chi connectivity index (χ2v) is 9.88. The molecule has 3 aromatic rings. The van der Waals surface area contributed by atoms with Crippen LogP contribution in [0.25, 0.3) is 5.52 Å². The van der Waals surface area contributed by atoms with E-state index >= 15 is 0 Å². The van der Waals surface area contributed by atoms with Gasteiger partial charge in [-0.15, -0.1) is 0 Å². The van der Waals surface area contributed by atoms with Crippen molar-refractivity contribution in [3.05, 3.63) is 59.4 Å². The number of halogens is 1. The molecule has 9 nitrogen and oxygen atoms in total. The molecular formula is C21H22ClN5O4S. The number of anilines is 1. The average Bonchev–Trinajstić information content (AvgIpc) is 3.16. The molecule has 1 aromatic carbocycles. The van der Waals surface area contributed by atoms with Gasteiger partial charge in [0.25, 0.3) is 5.91 Å². The molecular weight excluding hydrogens is 454 g/mol. The summed E-state index contributed by atoms with van der Waals surface area (Å²) < 4.78 is 25.6. The number of fused-ring (bicyclic) bond motifs is 1. The maximum Gasteiger partial charge on any atom is 0.274 e. The lowest BCUT2D eigenvalue weighted by Gasteiger charge is -2.34. The van der Waals surface area contributed by atoms with E-state index in [4.69, 9.17) is 11.6 Å². The van der Waals surface area contributed by atoms with Crippen molar-refractivity contribution in [2.24, 2.45) is 0 Å². The van der Waals surface area contributed by atoms with Crippen molar-refractivity contribution >= 4 is 44.5 Å². The first-order valence-electron chi connectivity index (χ1n) is 9.97. The first-order valence-corrected chi connectivity index (χ1v) is 12.2. The van der Waals surface area contributed by atoms with Gasteiger partial charge in [-0.1, -0.05) is 29.8 Å². The molecule has 1 aliphatic rings. The van der Waals surface area contributed by atoms with Crippen molar-refractivity contribution in [1.82, 2.24) is 19.2 Å². The summed E-state index contributed by atoms with van der Waals surface area (Å²) >= 11 is 6.08. The van der Waals surface area contributed by atoms with Gasteiger partial charge in [0.15, 0.2) is 5.69 Å². The topological polar surface area (TPSA) is 104 Å². The molecule has 0 spiro atoms. The fraction of sp³-hybridized carbons (Fsp3) is 0.286. The number of nitrogens with one attached hydrogen (secondary N) is 1. The van der Waals surface area contributed by atoms with Crippen LogP contribution in [0.2, 0.25) is 5.02 Å². The summed E-state index contributed by atoms with van der Waals surface area (Å²) in [5.74, 6) is -0.514. The molecule has 168 valence electrons. The van der Waals surface area contributed by atoms with E-state index in [-0.39, 0.29) is 29.2 Å². The maximum atomic E-state index is 13.1. The molecule has 32 heavy (non-hydrogen) atoms. The number of piperazine rings is 1. The first kappa shape index (κ1) is 22.3. The zero-order valence-electron chi connectivity index (χ0n) is 17.4. The molecule has 1 fully saturated rings. The van der Waals surface area contributed by atoms with Crippen molar-refractivity contribution in [1.29, 1.82) is 0 Å². The Balaban J connectivity index is 1.41. The number of hydrogen-bond acceptors (Lipinski definition) is 6. The number of carbonyl (C=O) groups is 2. The Morgan fingerprint density at radius 3 is 2.44 bits per heavy atom. The number of rotatable bonds is 5. The highest BCUT2D eigenvalue weighted by Gasteiger charge is 2.28. The van der Waals surface area contributed by atoms with Crippen LogP contribution >= 0.6 is 11.6 Å². The molecule has 0 radical (unpaired) electrons. The van der Waals surface area contributed by atoms with E-state index in [1.165, 1.54) is 4.40 Å². The summed E-state index contributed by atoms with van der Waals surface area (Å²) in [6.07, 6.45) is 2.64. The predicted molar refractivity (Wildman–Crippen MR) is 121 cm³/mol. The minimum atomic E-state index is -3.61. The largest absolute Gasteiger partial charge is 0.335 e. The molecule has 3 heterocycles. The monoisotopic (exact) mass is 475 g/mol. The summed E-state index contributed by atoms with van der Waals surface area (Å²) in [4.78, 5) is 33.2. The number of hydrogen-bond donors (Lipinski definition) is 1. The molecule has 1 saturated heterocycles. The normalized spacial score (nSPS) is 15.1. The smallest absolute Gasteiger partial charge is 0.274 e. The molecule has 0 saturated carbocycles. The van der Waals surface area contributed by atoms with Crippen molar-refractivity contribution in [3.63, 3.8) is 0 Å². The van der Waals surface area contributed by atoms with Gasteiger partial charge >= 0.3 is 0 Å². The lowest BCUT2D eigenvalue weighted by atomic mass is 10.2. The van der Waals surface area contributed by atoms with Crippen molar-refractivity contribution in [2.75, 3.05) is 44.3 Å². The van der Waals surface area contributed by atoms with E-state index in [1.54, 1.807) is 53.6 Å². The Morgan fingerprint density at radius 2 is 1.75 bits per heavy atom.